The van der Waals surface area contributed by atoms with E-state index in [-0.39, 0.29) is 24.4 Å². The number of halogens is 1. The van der Waals surface area contributed by atoms with E-state index in [2.05, 4.69) is 5.32 Å². The summed E-state index contributed by atoms with van der Waals surface area (Å²) in [5, 5.41) is 3.21. The Morgan fingerprint density at radius 1 is 1.48 bits per heavy atom. The molecule has 1 heterocycles. The van der Waals surface area contributed by atoms with Crippen molar-refractivity contribution in [1.82, 2.24) is 5.32 Å². The lowest BCUT2D eigenvalue weighted by Crippen LogP contribution is -2.35. The molecule has 1 saturated heterocycles. The molecule has 1 aromatic rings. The van der Waals surface area contributed by atoms with Crippen molar-refractivity contribution in [3.05, 3.63) is 28.8 Å². The number of Topliss-reactive ketones (excluding diaryl/α,β-unsaturated/α-hetero) is 1. The minimum Gasteiger partial charge on any atom is -0.483 e. The molecule has 114 valence electrons. The summed E-state index contributed by atoms with van der Waals surface area (Å²) in [7, 11) is 0. The first-order valence-corrected chi connectivity index (χ1v) is 7.25. The van der Waals surface area contributed by atoms with Gasteiger partial charge in [-0.1, -0.05) is 11.6 Å². The maximum Gasteiger partial charge on any atom is 0.258 e. The molecule has 1 aromatic carbocycles. The fraction of sp³-hybridized carbons (Fsp3) is 0.467. The van der Waals surface area contributed by atoms with Crippen molar-refractivity contribution in [3.63, 3.8) is 0 Å². The van der Waals surface area contributed by atoms with Crippen molar-refractivity contribution >= 4 is 23.3 Å². The minimum atomic E-state index is -0.241. The van der Waals surface area contributed by atoms with E-state index in [0.717, 1.165) is 19.4 Å². The van der Waals surface area contributed by atoms with Crippen LogP contribution in [-0.2, 0) is 9.53 Å². The van der Waals surface area contributed by atoms with Crippen molar-refractivity contribution in [2.45, 2.75) is 25.9 Å². The zero-order valence-electron chi connectivity index (χ0n) is 11.9. The average molecular weight is 312 g/mol. The van der Waals surface area contributed by atoms with Crippen LogP contribution in [0.25, 0.3) is 0 Å². The Bertz CT molecular complexity index is 526. The lowest BCUT2D eigenvalue weighted by atomic mass is 10.1. The zero-order chi connectivity index (χ0) is 15.2. The summed E-state index contributed by atoms with van der Waals surface area (Å²) < 4.78 is 10.8. The van der Waals surface area contributed by atoms with Gasteiger partial charge in [-0.25, -0.2) is 0 Å². The van der Waals surface area contributed by atoms with Crippen LogP contribution in [-0.4, -0.2) is 37.6 Å². The topological polar surface area (TPSA) is 64.6 Å². The molecule has 0 aliphatic carbocycles. The molecular weight excluding hydrogens is 294 g/mol. The van der Waals surface area contributed by atoms with Gasteiger partial charge in [0.1, 0.15) is 5.75 Å². The molecule has 0 aromatic heterocycles. The predicted molar refractivity (Wildman–Crippen MR) is 78.9 cm³/mol. The van der Waals surface area contributed by atoms with Gasteiger partial charge in [0.05, 0.1) is 11.7 Å². The van der Waals surface area contributed by atoms with Gasteiger partial charge >= 0.3 is 0 Å². The fourth-order valence-electron chi connectivity index (χ4n) is 2.13. The Balaban J connectivity index is 1.84. The normalized spacial score (nSPS) is 17.5. The molecule has 1 aliphatic rings. The SMILES string of the molecule is CC(=O)c1cc(Cl)ccc1OCC(=O)NC[C@H]1CCCO1. The number of hydrogen-bond donors (Lipinski definition) is 1. The van der Waals surface area contributed by atoms with Crippen LogP contribution in [0.5, 0.6) is 5.75 Å². The summed E-state index contributed by atoms with van der Waals surface area (Å²) in [6, 6.07) is 4.74. The van der Waals surface area contributed by atoms with Gasteiger partial charge in [0.2, 0.25) is 0 Å². The van der Waals surface area contributed by atoms with E-state index in [1.165, 1.54) is 13.0 Å². The molecule has 0 radical (unpaired) electrons. The van der Waals surface area contributed by atoms with Crippen LogP contribution in [0.15, 0.2) is 18.2 Å². The van der Waals surface area contributed by atoms with E-state index < -0.39 is 0 Å². The maximum atomic E-state index is 11.7. The number of nitrogens with one attached hydrogen (secondary N) is 1. The Morgan fingerprint density at radius 2 is 2.29 bits per heavy atom. The van der Waals surface area contributed by atoms with E-state index >= 15 is 0 Å². The van der Waals surface area contributed by atoms with Crippen molar-refractivity contribution < 1.29 is 19.1 Å². The zero-order valence-corrected chi connectivity index (χ0v) is 12.6. The van der Waals surface area contributed by atoms with Crippen molar-refractivity contribution in [2.24, 2.45) is 0 Å². The number of rotatable bonds is 6. The fourth-order valence-corrected chi connectivity index (χ4v) is 2.30. The molecule has 6 heteroatoms. The van der Waals surface area contributed by atoms with Gasteiger partial charge in [0.25, 0.3) is 5.91 Å². The number of carbonyl (C=O) groups is 2. The molecule has 0 saturated carbocycles. The Kier molecular flexibility index (Phi) is 5.59. The Morgan fingerprint density at radius 3 is 2.95 bits per heavy atom. The summed E-state index contributed by atoms with van der Waals surface area (Å²) >= 11 is 5.85. The average Bonchev–Trinajstić information content (AvgIpc) is 2.97. The second-order valence-electron chi connectivity index (χ2n) is 4.92. The summed E-state index contributed by atoms with van der Waals surface area (Å²) in [4.78, 5) is 23.2. The Labute approximate surface area is 128 Å². The molecule has 0 spiro atoms. The number of ether oxygens (including phenoxy) is 2. The first-order valence-electron chi connectivity index (χ1n) is 6.88. The lowest BCUT2D eigenvalue weighted by molar-refractivity contribution is -0.123. The highest BCUT2D eigenvalue weighted by Crippen LogP contribution is 2.23. The van der Waals surface area contributed by atoms with Crippen LogP contribution < -0.4 is 10.1 Å². The molecule has 2 rings (SSSR count). The Hall–Kier alpha value is -1.59. The molecule has 1 fully saturated rings. The van der Waals surface area contributed by atoms with Gasteiger partial charge in [0.15, 0.2) is 12.4 Å². The standard InChI is InChI=1S/C15H18ClNO4/c1-10(18)13-7-11(16)4-5-14(13)21-9-15(19)17-8-12-3-2-6-20-12/h4-5,7,12H,2-3,6,8-9H2,1H3,(H,17,19)/t12-/m1/s1. The molecule has 21 heavy (non-hydrogen) atoms. The highest BCUT2D eigenvalue weighted by atomic mass is 35.5. The number of amides is 1. The van der Waals surface area contributed by atoms with Gasteiger partial charge in [-0.2, -0.15) is 0 Å². The van der Waals surface area contributed by atoms with Crippen molar-refractivity contribution in [1.29, 1.82) is 0 Å². The quantitative estimate of drug-likeness (QED) is 0.818. The van der Waals surface area contributed by atoms with E-state index in [4.69, 9.17) is 21.1 Å². The molecule has 5 nitrogen and oxygen atoms in total. The highest BCUT2D eigenvalue weighted by Gasteiger charge is 2.16. The van der Waals surface area contributed by atoms with E-state index in [0.29, 0.717) is 22.9 Å². The van der Waals surface area contributed by atoms with Crippen molar-refractivity contribution in [2.75, 3.05) is 19.8 Å². The predicted octanol–water partition coefficient (Wildman–Crippen LogP) is 2.22. The third-order valence-electron chi connectivity index (χ3n) is 3.23. The second kappa shape index (κ2) is 7.43. The molecule has 1 N–H and O–H groups in total. The summed E-state index contributed by atoms with van der Waals surface area (Å²) in [5.74, 6) is -0.0404. The largest absolute Gasteiger partial charge is 0.483 e. The van der Waals surface area contributed by atoms with E-state index in [9.17, 15) is 9.59 Å². The van der Waals surface area contributed by atoms with E-state index in [1.54, 1.807) is 12.1 Å². The third-order valence-corrected chi connectivity index (χ3v) is 3.47. The number of benzene rings is 1. The van der Waals surface area contributed by atoms with Crippen LogP contribution in [0.3, 0.4) is 0 Å². The van der Waals surface area contributed by atoms with Gasteiger partial charge in [-0.15, -0.1) is 0 Å². The van der Waals surface area contributed by atoms with Gasteiger partial charge in [-0.05, 0) is 38.0 Å². The van der Waals surface area contributed by atoms with Gasteiger partial charge in [0, 0.05) is 18.2 Å². The van der Waals surface area contributed by atoms with E-state index in [1.807, 2.05) is 0 Å². The lowest BCUT2D eigenvalue weighted by Gasteiger charge is -2.12. The van der Waals surface area contributed by atoms with Gasteiger partial charge < -0.3 is 14.8 Å². The highest BCUT2D eigenvalue weighted by molar-refractivity contribution is 6.31. The van der Waals surface area contributed by atoms with Crippen LogP contribution >= 0.6 is 11.6 Å². The summed E-state index contributed by atoms with van der Waals surface area (Å²) in [5.41, 5.74) is 0.370. The number of hydrogen-bond acceptors (Lipinski definition) is 4. The molecule has 0 unspecified atom stereocenters. The first kappa shape index (κ1) is 15.8. The molecule has 1 amide bonds. The van der Waals surface area contributed by atoms with Crippen LogP contribution in [0.4, 0.5) is 0 Å². The van der Waals surface area contributed by atoms with Crippen LogP contribution in [0.1, 0.15) is 30.1 Å². The minimum absolute atomic E-state index is 0.0947. The summed E-state index contributed by atoms with van der Waals surface area (Å²) in [6.45, 7) is 2.52. The molecule has 0 bridgehead atoms. The maximum absolute atomic E-state index is 11.7. The molecule has 1 aliphatic heterocycles. The number of ketones is 1. The monoisotopic (exact) mass is 311 g/mol. The molecule has 1 atom stereocenters. The second-order valence-corrected chi connectivity index (χ2v) is 5.36. The summed E-state index contributed by atoms with van der Waals surface area (Å²) in [6.07, 6.45) is 2.09. The third kappa shape index (κ3) is 4.72. The van der Waals surface area contributed by atoms with Crippen LogP contribution in [0.2, 0.25) is 5.02 Å². The van der Waals surface area contributed by atoms with Crippen LogP contribution in [0, 0.1) is 0 Å². The molecular formula is C15H18ClNO4. The number of carbonyl (C=O) groups excluding carboxylic acids is 2. The smallest absolute Gasteiger partial charge is 0.258 e. The first-order chi connectivity index (χ1) is 10.1. The van der Waals surface area contributed by atoms with Crippen molar-refractivity contribution in [3.8, 4) is 5.75 Å². The van der Waals surface area contributed by atoms with Gasteiger partial charge in [-0.3, -0.25) is 9.59 Å².